The number of nitrogens with two attached hydrogens (primary N) is 1. The highest BCUT2D eigenvalue weighted by Gasteiger charge is 2.07. The number of benzene rings is 1. The van der Waals surface area contributed by atoms with Gasteiger partial charge in [-0.25, -0.2) is 8.78 Å². The second-order valence-corrected chi connectivity index (χ2v) is 4.17. The molecule has 2 N–H and O–H groups in total. The highest BCUT2D eigenvalue weighted by molar-refractivity contribution is 5.17. The Hall–Kier alpha value is -1.00. The lowest BCUT2D eigenvalue weighted by atomic mass is 10.2. The fraction of sp³-hybridized carbons (Fsp3) is 0.538. The maximum absolute atomic E-state index is 13.1. The van der Waals surface area contributed by atoms with Crippen molar-refractivity contribution in [1.82, 2.24) is 4.90 Å². The summed E-state index contributed by atoms with van der Waals surface area (Å²) in [5.74, 6) is -1.57. The lowest BCUT2D eigenvalue weighted by Gasteiger charge is -2.21. The molecule has 1 aromatic carbocycles. The van der Waals surface area contributed by atoms with Gasteiger partial charge in [0.05, 0.1) is 0 Å². The average Bonchev–Trinajstić information content (AvgIpc) is 2.31. The van der Waals surface area contributed by atoms with E-state index in [0.29, 0.717) is 13.1 Å². The monoisotopic (exact) mass is 242 g/mol. The Labute approximate surface area is 101 Å². The van der Waals surface area contributed by atoms with Crippen LogP contribution in [0.5, 0.6) is 0 Å². The molecule has 0 atom stereocenters. The van der Waals surface area contributed by atoms with Crippen LogP contribution in [0.4, 0.5) is 8.78 Å². The van der Waals surface area contributed by atoms with Crippen LogP contribution in [0.2, 0.25) is 0 Å². The molecule has 0 amide bonds. The van der Waals surface area contributed by atoms with E-state index in [1.54, 1.807) is 6.07 Å². The van der Waals surface area contributed by atoms with Crippen molar-refractivity contribution in [3.63, 3.8) is 0 Å². The van der Waals surface area contributed by atoms with Crippen molar-refractivity contribution in [2.75, 3.05) is 19.6 Å². The van der Waals surface area contributed by atoms with Crippen molar-refractivity contribution < 1.29 is 8.78 Å². The second-order valence-electron chi connectivity index (χ2n) is 4.17. The molecule has 0 aliphatic carbocycles. The topological polar surface area (TPSA) is 29.3 Å². The van der Waals surface area contributed by atoms with E-state index >= 15 is 0 Å². The number of hydrogen-bond acceptors (Lipinski definition) is 2. The molecule has 0 aromatic heterocycles. The molecule has 1 aromatic rings. The smallest absolute Gasteiger partial charge is 0.159 e. The van der Waals surface area contributed by atoms with E-state index in [2.05, 4.69) is 11.8 Å². The third kappa shape index (κ3) is 4.79. The molecule has 96 valence electrons. The van der Waals surface area contributed by atoms with Gasteiger partial charge in [-0.05, 0) is 50.2 Å². The van der Waals surface area contributed by atoms with Gasteiger partial charge in [0.15, 0.2) is 11.6 Å². The summed E-state index contributed by atoms with van der Waals surface area (Å²) in [6.45, 7) is 5.23. The van der Waals surface area contributed by atoms with Gasteiger partial charge in [-0.3, -0.25) is 4.90 Å². The predicted molar refractivity (Wildman–Crippen MR) is 65.6 cm³/mol. The van der Waals surface area contributed by atoms with Gasteiger partial charge in [-0.1, -0.05) is 13.0 Å². The minimum Gasteiger partial charge on any atom is -0.330 e. The molecular weight excluding hydrogens is 222 g/mol. The number of halogens is 2. The fourth-order valence-corrected chi connectivity index (χ4v) is 1.80. The summed E-state index contributed by atoms with van der Waals surface area (Å²) in [7, 11) is 0. The van der Waals surface area contributed by atoms with Gasteiger partial charge in [0, 0.05) is 6.54 Å². The lowest BCUT2D eigenvalue weighted by molar-refractivity contribution is 0.263. The quantitative estimate of drug-likeness (QED) is 0.796. The summed E-state index contributed by atoms with van der Waals surface area (Å²) in [5, 5.41) is 0. The fourth-order valence-electron chi connectivity index (χ4n) is 1.80. The van der Waals surface area contributed by atoms with Gasteiger partial charge in [0.1, 0.15) is 0 Å². The predicted octanol–water partition coefficient (Wildman–Crippen LogP) is 2.53. The van der Waals surface area contributed by atoms with Gasteiger partial charge in [0.2, 0.25) is 0 Å². The molecule has 0 saturated carbocycles. The van der Waals surface area contributed by atoms with Crippen LogP contribution < -0.4 is 5.73 Å². The van der Waals surface area contributed by atoms with Crippen LogP contribution in [-0.2, 0) is 6.54 Å². The Morgan fingerprint density at radius 2 is 1.94 bits per heavy atom. The lowest BCUT2D eigenvalue weighted by Crippen LogP contribution is -2.26. The normalized spacial score (nSPS) is 11.1. The second kappa shape index (κ2) is 7.35. The third-order valence-corrected chi connectivity index (χ3v) is 2.61. The minimum absolute atomic E-state index is 0.644. The molecule has 0 fully saturated rings. The molecule has 0 unspecified atom stereocenters. The Bertz CT molecular complexity index is 342. The molecule has 0 heterocycles. The van der Waals surface area contributed by atoms with Crippen LogP contribution in [0.3, 0.4) is 0 Å². The maximum atomic E-state index is 13.1. The Morgan fingerprint density at radius 3 is 2.53 bits per heavy atom. The van der Waals surface area contributed by atoms with Crippen molar-refractivity contribution in [2.45, 2.75) is 26.3 Å². The first-order chi connectivity index (χ1) is 8.17. The van der Waals surface area contributed by atoms with Gasteiger partial charge in [0.25, 0.3) is 0 Å². The molecular formula is C13H20F2N2. The van der Waals surface area contributed by atoms with Gasteiger partial charge in [-0.15, -0.1) is 0 Å². The highest BCUT2D eigenvalue weighted by atomic mass is 19.2. The molecule has 0 saturated heterocycles. The van der Waals surface area contributed by atoms with Crippen LogP contribution in [-0.4, -0.2) is 24.5 Å². The van der Waals surface area contributed by atoms with E-state index in [1.165, 1.54) is 12.1 Å². The Morgan fingerprint density at radius 1 is 1.18 bits per heavy atom. The summed E-state index contributed by atoms with van der Waals surface area (Å²) in [6, 6.07) is 4.07. The molecule has 2 nitrogen and oxygen atoms in total. The van der Waals surface area contributed by atoms with Crippen LogP contribution in [0.25, 0.3) is 0 Å². The van der Waals surface area contributed by atoms with Crippen molar-refractivity contribution in [3.8, 4) is 0 Å². The molecule has 0 spiro atoms. The molecule has 17 heavy (non-hydrogen) atoms. The summed E-state index contributed by atoms with van der Waals surface area (Å²) < 4.78 is 25.8. The summed E-state index contributed by atoms with van der Waals surface area (Å²) in [4.78, 5) is 2.21. The standard InChI is InChI=1S/C13H20F2N2/c1-2-7-17(8-3-6-16)10-11-4-5-12(14)13(15)9-11/h4-5,9H,2-3,6-8,10,16H2,1H3. The first kappa shape index (κ1) is 14.1. The van der Waals surface area contributed by atoms with Gasteiger partial charge >= 0.3 is 0 Å². The van der Waals surface area contributed by atoms with E-state index in [-0.39, 0.29) is 0 Å². The Balaban J connectivity index is 2.61. The zero-order valence-electron chi connectivity index (χ0n) is 10.3. The van der Waals surface area contributed by atoms with Gasteiger partial charge < -0.3 is 5.73 Å². The van der Waals surface area contributed by atoms with Crippen LogP contribution in [0.1, 0.15) is 25.3 Å². The van der Waals surface area contributed by atoms with E-state index in [4.69, 9.17) is 5.73 Å². The van der Waals surface area contributed by atoms with Crippen molar-refractivity contribution >= 4 is 0 Å². The molecule has 0 aliphatic heterocycles. The van der Waals surface area contributed by atoms with E-state index in [1.807, 2.05) is 0 Å². The summed E-state index contributed by atoms with van der Waals surface area (Å²) in [5.41, 5.74) is 6.27. The molecule has 0 radical (unpaired) electrons. The average molecular weight is 242 g/mol. The summed E-state index contributed by atoms with van der Waals surface area (Å²) in [6.07, 6.45) is 1.96. The van der Waals surface area contributed by atoms with E-state index in [0.717, 1.165) is 31.5 Å². The van der Waals surface area contributed by atoms with Crippen molar-refractivity contribution in [1.29, 1.82) is 0 Å². The van der Waals surface area contributed by atoms with Crippen LogP contribution in [0.15, 0.2) is 18.2 Å². The zero-order valence-corrected chi connectivity index (χ0v) is 10.3. The van der Waals surface area contributed by atoms with Crippen molar-refractivity contribution in [3.05, 3.63) is 35.4 Å². The number of nitrogens with zero attached hydrogens (tertiary/aromatic N) is 1. The van der Waals surface area contributed by atoms with Crippen LogP contribution >= 0.6 is 0 Å². The van der Waals surface area contributed by atoms with Crippen molar-refractivity contribution in [2.24, 2.45) is 5.73 Å². The SMILES string of the molecule is CCCN(CCCN)Cc1ccc(F)c(F)c1. The number of rotatable bonds is 7. The first-order valence-corrected chi connectivity index (χ1v) is 6.03. The van der Waals surface area contributed by atoms with E-state index < -0.39 is 11.6 Å². The third-order valence-electron chi connectivity index (χ3n) is 2.61. The molecule has 1 rings (SSSR count). The first-order valence-electron chi connectivity index (χ1n) is 6.03. The molecule has 0 bridgehead atoms. The van der Waals surface area contributed by atoms with E-state index in [9.17, 15) is 8.78 Å². The van der Waals surface area contributed by atoms with Gasteiger partial charge in [-0.2, -0.15) is 0 Å². The molecule has 4 heteroatoms. The number of hydrogen-bond donors (Lipinski definition) is 1. The Kier molecular flexibility index (Phi) is 6.08. The molecule has 0 aliphatic rings. The minimum atomic E-state index is -0.794. The maximum Gasteiger partial charge on any atom is 0.159 e. The van der Waals surface area contributed by atoms with Crippen LogP contribution in [0, 0.1) is 11.6 Å². The highest BCUT2D eigenvalue weighted by Crippen LogP contribution is 2.11. The largest absolute Gasteiger partial charge is 0.330 e. The zero-order chi connectivity index (χ0) is 12.7. The summed E-state index contributed by atoms with van der Waals surface area (Å²) >= 11 is 0.